The maximum absolute atomic E-state index is 12.6. The Hall–Kier alpha value is -1.72. The van der Waals surface area contributed by atoms with Gasteiger partial charge in [-0.2, -0.15) is 13.2 Å². The highest BCUT2D eigenvalue weighted by molar-refractivity contribution is 5.90. The van der Waals surface area contributed by atoms with Crippen LogP contribution in [-0.2, 0) is 10.9 Å². The van der Waals surface area contributed by atoms with E-state index in [0.717, 1.165) is 19.2 Å². The van der Waals surface area contributed by atoms with Gasteiger partial charge in [0, 0.05) is 12.2 Å². The summed E-state index contributed by atoms with van der Waals surface area (Å²) < 4.78 is 42.1. The molecule has 94 valence electrons. The number of ether oxygens (including phenoxy) is 1. The normalized spacial score (nSPS) is 11.1. The summed E-state index contributed by atoms with van der Waals surface area (Å²) in [4.78, 5) is 11.2. The maximum atomic E-state index is 12.6. The number of carbonyl (C=O) groups is 1. The monoisotopic (exact) mass is 247 g/mol. The Balaban J connectivity index is 3.23. The lowest BCUT2D eigenvalue weighted by molar-refractivity contribution is -0.137. The van der Waals surface area contributed by atoms with E-state index in [1.54, 1.807) is 6.92 Å². The number of hydrogen-bond acceptors (Lipinski definition) is 3. The fourth-order valence-corrected chi connectivity index (χ4v) is 1.33. The average molecular weight is 247 g/mol. The molecule has 0 radical (unpaired) electrons. The Morgan fingerprint density at radius 2 is 2.00 bits per heavy atom. The number of carbonyl (C=O) groups excluding carboxylic acids is 1. The number of anilines is 1. The third-order valence-electron chi connectivity index (χ3n) is 2.06. The van der Waals surface area contributed by atoms with E-state index in [-0.39, 0.29) is 11.3 Å². The van der Waals surface area contributed by atoms with Crippen LogP contribution in [0.15, 0.2) is 18.2 Å². The van der Waals surface area contributed by atoms with Gasteiger partial charge in [-0.05, 0) is 25.1 Å². The second-order valence-corrected chi connectivity index (χ2v) is 3.32. The molecule has 0 atom stereocenters. The third-order valence-corrected chi connectivity index (χ3v) is 2.06. The predicted molar refractivity (Wildman–Crippen MR) is 56.9 cm³/mol. The summed E-state index contributed by atoms with van der Waals surface area (Å²) in [7, 11) is 1.12. The van der Waals surface area contributed by atoms with Gasteiger partial charge in [-0.1, -0.05) is 0 Å². The van der Waals surface area contributed by atoms with Crippen molar-refractivity contribution in [2.24, 2.45) is 0 Å². The van der Waals surface area contributed by atoms with Crippen molar-refractivity contribution in [1.82, 2.24) is 0 Å². The SMILES string of the molecule is CCNc1cc(C(=O)OC)cc(C(F)(F)F)c1. The molecule has 0 saturated heterocycles. The standard InChI is InChI=1S/C11H12F3NO2/c1-3-15-9-5-7(10(16)17-2)4-8(6-9)11(12,13)14/h4-6,15H,3H2,1-2H3. The fourth-order valence-electron chi connectivity index (χ4n) is 1.33. The van der Waals surface area contributed by atoms with Crippen molar-refractivity contribution < 1.29 is 22.7 Å². The second-order valence-electron chi connectivity index (χ2n) is 3.32. The topological polar surface area (TPSA) is 38.3 Å². The summed E-state index contributed by atoms with van der Waals surface area (Å²) in [5.74, 6) is -0.796. The zero-order chi connectivity index (χ0) is 13.1. The molecule has 0 heterocycles. The van der Waals surface area contributed by atoms with Gasteiger partial charge in [0.2, 0.25) is 0 Å². The van der Waals surface area contributed by atoms with Gasteiger partial charge >= 0.3 is 12.1 Å². The first-order chi connectivity index (χ1) is 7.88. The number of esters is 1. The summed E-state index contributed by atoms with van der Waals surface area (Å²) in [5.41, 5.74) is -0.766. The Morgan fingerprint density at radius 3 is 2.47 bits per heavy atom. The van der Waals surface area contributed by atoms with Crippen LogP contribution in [0, 0.1) is 0 Å². The Bertz CT molecular complexity index is 416. The molecule has 0 aliphatic rings. The molecule has 0 aromatic heterocycles. The van der Waals surface area contributed by atoms with Crippen LogP contribution >= 0.6 is 0 Å². The Labute approximate surface area is 96.6 Å². The summed E-state index contributed by atoms with van der Waals surface area (Å²) >= 11 is 0. The predicted octanol–water partition coefficient (Wildman–Crippen LogP) is 2.92. The summed E-state index contributed by atoms with van der Waals surface area (Å²) in [5, 5.41) is 2.73. The number of rotatable bonds is 3. The number of nitrogens with one attached hydrogen (secondary N) is 1. The van der Waals surface area contributed by atoms with E-state index in [9.17, 15) is 18.0 Å². The summed E-state index contributed by atoms with van der Waals surface area (Å²) in [6.45, 7) is 2.21. The number of hydrogen-bond donors (Lipinski definition) is 1. The van der Waals surface area contributed by atoms with Crippen molar-refractivity contribution in [3.8, 4) is 0 Å². The van der Waals surface area contributed by atoms with Crippen molar-refractivity contribution >= 4 is 11.7 Å². The molecule has 0 amide bonds. The molecular weight excluding hydrogens is 235 g/mol. The van der Waals surface area contributed by atoms with Gasteiger partial charge in [0.1, 0.15) is 0 Å². The van der Waals surface area contributed by atoms with E-state index in [1.165, 1.54) is 6.07 Å². The van der Waals surface area contributed by atoms with Gasteiger partial charge in [-0.25, -0.2) is 4.79 Å². The Kier molecular flexibility index (Phi) is 3.98. The molecule has 17 heavy (non-hydrogen) atoms. The lowest BCUT2D eigenvalue weighted by Crippen LogP contribution is -2.10. The molecule has 3 nitrogen and oxygen atoms in total. The molecule has 1 rings (SSSR count). The largest absolute Gasteiger partial charge is 0.465 e. The van der Waals surface area contributed by atoms with Crippen LogP contribution in [0.5, 0.6) is 0 Å². The third kappa shape index (κ3) is 3.37. The minimum atomic E-state index is -4.49. The van der Waals surface area contributed by atoms with Crippen LogP contribution in [0.1, 0.15) is 22.8 Å². The quantitative estimate of drug-likeness (QED) is 0.834. The zero-order valence-electron chi connectivity index (χ0n) is 9.39. The van der Waals surface area contributed by atoms with Crippen molar-refractivity contribution in [2.75, 3.05) is 19.0 Å². The fraction of sp³-hybridized carbons (Fsp3) is 0.364. The van der Waals surface area contributed by atoms with Crippen LogP contribution < -0.4 is 5.32 Å². The molecule has 0 aliphatic carbocycles. The molecule has 0 saturated carbocycles. The van der Waals surface area contributed by atoms with Gasteiger partial charge in [-0.15, -0.1) is 0 Å². The highest BCUT2D eigenvalue weighted by atomic mass is 19.4. The molecule has 0 aliphatic heterocycles. The molecule has 0 bridgehead atoms. The smallest absolute Gasteiger partial charge is 0.416 e. The van der Waals surface area contributed by atoms with Gasteiger partial charge in [0.25, 0.3) is 0 Å². The van der Waals surface area contributed by atoms with Gasteiger partial charge in [0.15, 0.2) is 0 Å². The number of alkyl halides is 3. The number of halogens is 3. The molecule has 0 unspecified atom stereocenters. The Morgan fingerprint density at radius 1 is 1.35 bits per heavy atom. The van der Waals surface area contributed by atoms with Crippen molar-refractivity contribution in [2.45, 2.75) is 13.1 Å². The van der Waals surface area contributed by atoms with Crippen LogP contribution in [0.2, 0.25) is 0 Å². The van der Waals surface area contributed by atoms with E-state index in [4.69, 9.17) is 0 Å². The van der Waals surface area contributed by atoms with Crippen molar-refractivity contribution in [3.63, 3.8) is 0 Å². The van der Waals surface area contributed by atoms with Crippen LogP contribution in [0.4, 0.5) is 18.9 Å². The molecular formula is C11H12F3NO2. The van der Waals surface area contributed by atoms with Crippen LogP contribution in [-0.4, -0.2) is 19.6 Å². The lowest BCUT2D eigenvalue weighted by atomic mass is 10.1. The van der Waals surface area contributed by atoms with E-state index in [2.05, 4.69) is 10.1 Å². The molecule has 0 spiro atoms. The van der Waals surface area contributed by atoms with E-state index < -0.39 is 17.7 Å². The first-order valence-corrected chi connectivity index (χ1v) is 4.93. The van der Waals surface area contributed by atoms with Gasteiger partial charge < -0.3 is 10.1 Å². The lowest BCUT2D eigenvalue weighted by Gasteiger charge is -2.12. The van der Waals surface area contributed by atoms with E-state index in [0.29, 0.717) is 6.54 Å². The highest BCUT2D eigenvalue weighted by Gasteiger charge is 2.31. The van der Waals surface area contributed by atoms with Crippen LogP contribution in [0.25, 0.3) is 0 Å². The summed E-state index contributed by atoms with van der Waals surface area (Å²) in [6.07, 6.45) is -4.49. The highest BCUT2D eigenvalue weighted by Crippen LogP contribution is 2.32. The van der Waals surface area contributed by atoms with Gasteiger partial charge in [-0.3, -0.25) is 0 Å². The van der Waals surface area contributed by atoms with Gasteiger partial charge in [0.05, 0.1) is 18.2 Å². The number of methoxy groups -OCH3 is 1. The molecule has 1 aromatic carbocycles. The first-order valence-electron chi connectivity index (χ1n) is 4.93. The zero-order valence-corrected chi connectivity index (χ0v) is 9.39. The second kappa shape index (κ2) is 5.07. The van der Waals surface area contributed by atoms with Crippen molar-refractivity contribution in [1.29, 1.82) is 0 Å². The molecule has 6 heteroatoms. The van der Waals surface area contributed by atoms with Crippen LogP contribution in [0.3, 0.4) is 0 Å². The molecule has 1 aromatic rings. The minimum absolute atomic E-state index is 0.127. The first kappa shape index (κ1) is 13.3. The average Bonchev–Trinajstić information content (AvgIpc) is 2.27. The maximum Gasteiger partial charge on any atom is 0.416 e. The molecule has 0 fully saturated rings. The van der Waals surface area contributed by atoms with E-state index >= 15 is 0 Å². The minimum Gasteiger partial charge on any atom is -0.465 e. The summed E-state index contributed by atoms with van der Waals surface area (Å²) in [6, 6.07) is 3.05. The van der Waals surface area contributed by atoms with Crippen molar-refractivity contribution in [3.05, 3.63) is 29.3 Å². The number of benzene rings is 1. The van der Waals surface area contributed by atoms with E-state index in [1.807, 2.05) is 0 Å². The molecule has 1 N–H and O–H groups in total.